The van der Waals surface area contributed by atoms with Crippen LogP contribution in [0.3, 0.4) is 0 Å². The van der Waals surface area contributed by atoms with Crippen molar-refractivity contribution in [3.05, 3.63) is 34.6 Å². The van der Waals surface area contributed by atoms with E-state index < -0.39 is 0 Å². The summed E-state index contributed by atoms with van der Waals surface area (Å²) in [5.41, 5.74) is 3.33. The van der Waals surface area contributed by atoms with Gasteiger partial charge in [-0.05, 0) is 42.4 Å². The molecule has 0 bridgehead atoms. The fraction of sp³-hybridized carbons (Fsp3) is 0.500. The van der Waals surface area contributed by atoms with Crippen LogP contribution in [0.4, 0.5) is 4.39 Å². The van der Waals surface area contributed by atoms with Crippen molar-refractivity contribution in [2.75, 3.05) is 11.5 Å². The molecule has 1 rings (SSSR count). The highest BCUT2D eigenvalue weighted by Gasteiger charge is 2.11. The molecule has 5 heteroatoms. The molecule has 96 valence electrons. The summed E-state index contributed by atoms with van der Waals surface area (Å²) in [7, 11) is 0. The first-order valence-electron chi connectivity index (χ1n) is 5.65. The van der Waals surface area contributed by atoms with Gasteiger partial charge in [0.2, 0.25) is 0 Å². The number of hydrazine groups is 1. The molecule has 0 aromatic heterocycles. The fourth-order valence-electron chi connectivity index (χ4n) is 1.50. The van der Waals surface area contributed by atoms with Crippen LogP contribution in [0.25, 0.3) is 0 Å². The summed E-state index contributed by atoms with van der Waals surface area (Å²) in [5, 5.41) is 0.554. The fourth-order valence-corrected chi connectivity index (χ4v) is 2.65. The highest BCUT2D eigenvalue weighted by molar-refractivity contribution is 7.99. The van der Waals surface area contributed by atoms with Crippen LogP contribution in [-0.4, -0.2) is 17.5 Å². The molecule has 0 aliphatic heterocycles. The van der Waals surface area contributed by atoms with Crippen LogP contribution in [0.5, 0.6) is 0 Å². The van der Waals surface area contributed by atoms with Gasteiger partial charge in [-0.2, -0.15) is 11.8 Å². The highest BCUT2D eigenvalue weighted by atomic mass is 35.5. The van der Waals surface area contributed by atoms with E-state index in [-0.39, 0.29) is 11.9 Å². The number of thioether (sulfide) groups is 1. The molecule has 0 saturated carbocycles. The lowest BCUT2D eigenvalue weighted by Gasteiger charge is -2.16. The van der Waals surface area contributed by atoms with Gasteiger partial charge < -0.3 is 0 Å². The summed E-state index contributed by atoms with van der Waals surface area (Å²) in [4.78, 5) is 0. The van der Waals surface area contributed by atoms with Gasteiger partial charge in [0.05, 0.1) is 0 Å². The Morgan fingerprint density at radius 3 is 2.94 bits per heavy atom. The topological polar surface area (TPSA) is 38.0 Å². The van der Waals surface area contributed by atoms with E-state index in [1.807, 2.05) is 11.8 Å². The van der Waals surface area contributed by atoms with Gasteiger partial charge in [-0.1, -0.05) is 18.5 Å². The molecule has 1 aromatic rings. The van der Waals surface area contributed by atoms with Crippen LogP contribution in [0.15, 0.2) is 18.2 Å². The van der Waals surface area contributed by atoms with Crippen LogP contribution in [0.2, 0.25) is 5.02 Å². The first kappa shape index (κ1) is 14.8. The Morgan fingerprint density at radius 1 is 1.53 bits per heavy atom. The lowest BCUT2D eigenvalue weighted by atomic mass is 10.1. The van der Waals surface area contributed by atoms with Crippen molar-refractivity contribution in [2.24, 2.45) is 5.84 Å². The predicted molar refractivity (Wildman–Crippen MR) is 73.8 cm³/mol. The summed E-state index contributed by atoms with van der Waals surface area (Å²) in [6, 6.07) is 4.67. The minimum Gasteiger partial charge on any atom is -0.271 e. The lowest BCUT2D eigenvalue weighted by Crippen LogP contribution is -2.39. The van der Waals surface area contributed by atoms with Crippen LogP contribution < -0.4 is 11.3 Å². The molecule has 0 radical (unpaired) electrons. The van der Waals surface area contributed by atoms with E-state index in [9.17, 15) is 4.39 Å². The van der Waals surface area contributed by atoms with E-state index in [4.69, 9.17) is 17.4 Å². The second-order valence-electron chi connectivity index (χ2n) is 3.88. The SMILES string of the molecule is CCCSCC(Cc1cc(Cl)ccc1F)NN. The molecule has 3 N–H and O–H groups in total. The van der Waals surface area contributed by atoms with E-state index in [0.717, 1.165) is 17.9 Å². The minimum absolute atomic E-state index is 0.0690. The zero-order valence-electron chi connectivity index (χ0n) is 9.88. The van der Waals surface area contributed by atoms with Gasteiger partial charge in [0, 0.05) is 16.8 Å². The van der Waals surface area contributed by atoms with Crippen molar-refractivity contribution < 1.29 is 4.39 Å². The molecular weight excluding hydrogens is 259 g/mol. The standard InChI is InChI=1S/C12H18ClFN2S/c1-2-5-17-8-11(16-15)7-9-6-10(13)3-4-12(9)14/h3-4,6,11,16H,2,5,7-8,15H2,1H3. The molecular formula is C12H18ClFN2S. The van der Waals surface area contributed by atoms with Crippen molar-refractivity contribution in [1.82, 2.24) is 5.43 Å². The van der Waals surface area contributed by atoms with Gasteiger partial charge in [-0.25, -0.2) is 4.39 Å². The van der Waals surface area contributed by atoms with Gasteiger partial charge in [0.1, 0.15) is 5.82 Å². The molecule has 1 atom stereocenters. The van der Waals surface area contributed by atoms with Gasteiger partial charge in [-0.3, -0.25) is 11.3 Å². The van der Waals surface area contributed by atoms with Crippen molar-refractivity contribution in [2.45, 2.75) is 25.8 Å². The molecule has 0 fully saturated rings. The molecule has 0 aliphatic rings. The number of nitrogens with one attached hydrogen (secondary N) is 1. The Bertz CT molecular complexity index is 349. The van der Waals surface area contributed by atoms with Crippen LogP contribution in [0.1, 0.15) is 18.9 Å². The number of benzene rings is 1. The Hall–Kier alpha value is -0.290. The molecule has 2 nitrogen and oxygen atoms in total. The monoisotopic (exact) mass is 276 g/mol. The zero-order valence-corrected chi connectivity index (χ0v) is 11.5. The third-order valence-corrected chi connectivity index (χ3v) is 3.95. The Kier molecular flexibility index (Phi) is 6.89. The van der Waals surface area contributed by atoms with Crippen LogP contribution >= 0.6 is 23.4 Å². The molecule has 0 amide bonds. The number of halogens is 2. The first-order valence-corrected chi connectivity index (χ1v) is 7.18. The summed E-state index contributed by atoms with van der Waals surface area (Å²) in [6.07, 6.45) is 1.69. The van der Waals surface area contributed by atoms with Crippen molar-refractivity contribution >= 4 is 23.4 Å². The maximum absolute atomic E-state index is 13.5. The van der Waals surface area contributed by atoms with Gasteiger partial charge in [-0.15, -0.1) is 0 Å². The molecule has 0 heterocycles. The normalized spacial score (nSPS) is 12.7. The van der Waals surface area contributed by atoms with Crippen LogP contribution in [-0.2, 0) is 6.42 Å². The molecule has 1 unspecified atom stereocenters. The molecule has 0 aliphatic carbocycles. The van der Waals surface area contributed by atoms with Crippen molar-refractivity contribution in [1.29, 1.82) is 0 Å². The molecule has 17 heavy (non-hydrogen) atoms. The smallest absolute Gasteiger partial charge is 0.126 e. The molecule has 0 saturated heterocycles. The van der Waals surface area contributed by atoms with E-state index in [0.29, 0.717) is 17.0 Å². The third-order valence-electron chi connectivity index (χ3n) is 2.38. The number of rotatable bonds is 7. The Labute approximate surface area is 111 Å². The molecule has 0 spiro atoms. The van der Waals surface area contributed by atoms with E-state index in [1.165, 1.54) is 6.07 Å². The second kappa shape index (κ2) is 7.93. The van der Waals surface area contributed by atoms with Crippen molar-refractivity contribution in [3.8, 4) is 0 Å². The quantitative estimate of drug-likeness (QED) is 0.457. The summed E-state index contributed by atoms with van der Waals surface area (Å²) >= 11 is 7.66. The number of hydrogen-bond acceptors (Lipinski definition) is 3. The largest absolute Gasteiger partial charge is 0.271 e. The predicted octanol–water partition coefficient (Wildman–Crippen LogP) is 3.00. The average Bonchev–Trinajstić information content (AvgIpc) is 2.32. The maximum Gasteiger partial charge on any atom is 0.126 e. The Morgan fingerprint density at radius 2 is 2.29 bits per heavy atom. The maximum atomic E-state index is 13.5. The lowest BCUT2D eigenvalue weighted by molar-refractivity contribution is 0.546. The highest BCUT2D eigenvalue weighted by Crippen LogP contribution is 2.17. The van der Waals surface area contributed by atoms with E-state index in [1.54, 1.807) is 12.1 Å². The number of nitrogens with two attached hydrogens (primary N) is 1. The summed E-state index contributed by atoms with van der Waals surface area (Å²) < 4.78 is 13.5. The number of hydrogen-bond donors (Lipinski definition) is 2. The zero-order chi connectivity index (χ0) is 12.7. The van der Waals surface area contributed by atoms with Gasteiger partial charge in [0.15, 0.2) is 0 Å². The third kappa shape index (κ3) is 5.25. The Balaban J connectivity index is 2.57. The summed E-state index contributed by atoms with van der Waals surface area (Å²) in [5.74, 6) is 7.21. The van der Waals surface area contributed by atoms with Gasteiger partial charge >= 0.3 is 0 Å². The van der Waals surface area contributed by atoms with Crippen molar-refractivity contribution in [3.63, 3.8) is 0 Å². The molecule has 1 aromatic carbocycles. The van der Waals surface area contributed by atoms with E-state index >= 15 is 0 Å². The summed E-state index contributed by atoms with van der Waals surface area (Å²) in [6.45, 7) is 2.13. The van der Waals surface area contributed by atoms with Crippen LogP contribution in [0, 0.1) is 5.82 Å². The first-order chi connectivity index (χ1) is 8.17. The van der Waals surface area contributed by atoms with Gasteiger partial charge in [0.25, 0.3) is 0 Å². The second-order valence-corrected chi connectivity index (χ2v) is 5.46. The van der Waals surface area contributed by atoms with E-state index in [2.05, 4.69) is 12.3 Å². The minimum atomic E-state index is -0.227. The average molecular weight is 277 g/mol.